The number of hydrogen-bond donors (Lipinski definition) is 1. The van der Waals surface area contributed by atoms with E-state index >= 15 is 0 Å². The quantitative estimate of drug-likeness (QED) is 0.475. The van der Waals surface area contributed by atoms with Crippen molar-refractivity contribution >= 4 is 39.3 Å². The molecule has 1 aromatic carbocycles. The Bertz CT molecular complexity index is 819. The van der Waals surface area contributed by atoms with Gasteiger partial charge in [-0.2, -0.15) is 5.10 Å². The van der Waals surface area contributed by atoms with Crippen molar-refractivity contribution in [2.24, 2.45) is 0 Å². The molecule has 1 amide bonds. The van der Waals surface area contributed by atoms with Crippen molar-refractivity contribution in [3.05, 3.63) is 45.9 Å². The Kier molecular flexibility index (Phi) is 5.45. The Balaban J connectivity index is 2.26. The normalized spacial score (nSPS) is 10.3. The number of nitrogens with zero attached hydrogens (tertiary/aromatic N) is 2. The minimum atomic E-state index is -0.979. The van der Waals surface area contributed by atoms with Gasteiger partial charge in [0.1, 0.15) is 5.82 Å². The molecule has 9 heteroatoms. The highest BCUT2D eigenvalue weighted by molar-refractivity contribution is 9.10. The molecule has 0 unspecified atom stereocenters. The molecule has 0 spiro atoms. The summed E-state index contributed by atoms with van der Waals surface area (Å²) in [4.78, 5) is 35.7. The van der Waals surface area contributed by atoms with Gasteiger partial charge in [-0.05, 0) is 35.0 Å². The molecule has 0 aliphatic carbocycles. The summed E-state index contributed by atoms with van der Waals surface area (Å²) >= 11 is 2.96. The molecule has 0 radical (unpaired) electrons. The highest BCUT2D eigenvalue weighted by atomic mass is 79.9. The van der Waals surface area contributed by atoms with Gasteiger partial charge in [-0.15, -0.1) is 0 Å². The number of aryl methyl sites for hydroxylation is 1. The van der Waals surface area contributed by atoms with Crippen LogP contribution in [0.25, 0.3) is 0 Å². The van der Waals surface area contributed by atoms with Crippen LogP contribution in [-0.2, 0) is 16.1 Å². The van der Waals surface area contributed by atoms with E-state index in [1.54, 1.807) is 0 Å². The summed E-state index contributed by atoms with van der Waals surface area (Å²) < 4.78 is 19.8. The van der Waals surface area contributed by atoms with Crippen LogP contribution in [0.1, 0.15) is 27.6 Å². The smallest absolute Gasteiger partial charge is 0.338 e. The van der Waals surface area contributed by atoms with Gasteiger partial charge in [-0.1, -0.05) is 0 Å². The standard InChI is InChI=1S/C15H13BrFN3O4/c1-3-20-7-9(6-18-20)13(21)14(22)19-11-5-8(15(23)24-2)4-10(17)12(11)16/h4-7H,3H2,1-2H3,(H,19,22). The molecule has 0 aliphatic heterocycles. The van der Waals surface area contributed by atoms with E-state index in [0.29, 0.717) is 6.54 Å². The number of benzene rings is 1. The third-order valence-electron chi connectivity index (χ3n) is 3.12. The van der Waals surface area contributed by atoms with E-state index in [1.165, 1.54) is 23.1 Å². The van der Waals surface area contributed by atoms with Crippen LogP contribution in [0.2, 0.25) is 0 Å². The number of anilines is 1. The molecule has 2 rings (SSSR count). The average Bonchev–Trinajstić information content (AvgIpc) is 3.06. The maximum absolute atomic E-state index is 13.9. The SMILES string of the molecule is CCn1cc(C(=O)C(=O)Nc2cc(C(=O)OC)cc(F)c2Br)cn1. The van der Waals surface area contributed by atoms with E-state index in [-0.39, 0.29) is 21.3 Å². The zero-order valence-electron chi connectivity index (χ0n) is 12.8. The molecular formula is C15H13BrFN3O4. The number of ether oxygens (including phenoxy) is 1. The van der Waals surface area contributed by atoms with Gasteiger partial charge in [0, 0.05) is 12.7 Å². The number of carbonyl (C=O) groups is 3. The Morgan fingerprint density at radius 1 is 1.33 bits per heavy atom. The maximum Gasteiger partial charge on any atom is 0.338 e. The second-order valence-electron chi connectivity index (χ2n) is 4.68. The van der Waals surface area contributed by atoms with Crippen molar-refractivity contribution in [2.45, 2.75) is 13.5 Å². The molecule has 1 aromatic heterocycles. The number of carbonyl (C=O) groups excluding carboxylic acids is 3. The lowest BCUT2D eigenvalue weighted by atomic mass is 10.1. The van der Waals surface area contributed by atoms with Crippen molar-refractivity contribution in [1.29, 1.82) is 0 Å². The van der Waals surface area contributed by atoms with E-state index in [2.05, 4.69) is 31.1 Å². The zero-order chi connectivity index (χ0) is 17.9. The molecule has 0 bridgehead atoms. The number of Topliss-reactive ketones (excluding diaryl/α,β-unsaturated/α-hetero) is 1. The molecule has 24 heavy (non-hydrogen) atoms. The number of aromatic nitrogens is 2. The minimum Gasteiger partial charge on any atom is -0.465 e. The van der Waals surface area contributed by atoms with E-state index in [4.69, 9.17) is 0 Å². The van der Waals surface area contributed by atoms with Crippen molar-refractivity contribution in [1.82, 2.24) is 9.78 Å². The Morgan fingerprint density at radius 3 is 2.62 bits per heavy atom. The summed E-state index contributed by atoms with van der Waals surface area (Å²) in [6.45, 7) is 2.38. The van der Waals surface area contributed by atoms with Gasteiger partial charge in [-0.25, -0.2) is 9.18 Å². The number of hydrogen-bond acceptors (Lipinski definition) is 5. The first-order valence-electron chi connectivity index (χ1n) is 6.82. The number of nitrogens with one attached hydrogen (secondary N) is 1. The number of esters is 1. The minimum absolute atomic E-state index is 0.0587. The number of halogens is 2. The van der Waals surface area contributed by atoms with Gasteiger partial charge in [0.2, 0.25) is 0 Å². The van der Waals surface area contributed by atoms with E-state index in [9.17, 15) is 18.8 Å². The van der Waals surface area contributed by atoms with Gasteiger partial charge in [0.15, 0.2) is 0 Å². The largest absolute Gasteiger partial charge is 0.465 e. The van der Waals surface area contributed by atoms with E-state index < -0.39 is 23.5 Å². The van der Waals surface area contributed by atoms with E-state index in [0.717, 1.165) is 13.2 Å². The molecule has 7 nitrogen and oxygen atoms in total. The molecule has 1 heterocycles. The van der Waals surface area contributed by atoms with Gasteiger partial charge >= 0.3 is 5.97 Å². The summed E-state index contributed by atoms with van der Waals surface area (Å²) in [6, 6.07) is 2.16. The second-order valence-corrected chi connectivity index (χ2v) is 5.47. The highest BCUT2D eigenvalue weighted by Crippen LogP contribution is 2.28. The van der Waals surface area contributed by atoms with Crippen molar-refractivity contribution in [3.8, 4) is 0 Å². The fourth-order valence-corrected chi connectivity index (χ4v) is 2.21. The van der Waals surface area contributed by atoms with Crippen LogP contribution in [0.4, 0.5) is 10.1 Å². The predicted octanol–water partition coefficient (Wildman–Crippen LogP) is 2.41. The molecule has 126 valence electrons. The first-order chi connectivity index (χ1) is 11.4. The van der Waals surface area contributed by atoms with E-state index in [1.807, 2.05) is 6.92 Å². The number of ketones is 1. The van der Waals surface area contributed by atoms with Gasteiger partial charge < -0.3 is 10.1 Å². The van der Waals surface area contributed by atoms with Crippen LogP contribution < -0.4 is 5.32 Å². The Labute approximate surface area is 144 Å². The van der Waals surface area contributed by atoms with Crippen LogP contribution in [0, 0.1) is 5.82 Å². The maximum atomic E-state index is 13.9. The van der Waals surface area contributed by atoms with Crippen LogP contribution in [-0.4, -0.2) is 34.6 Å². The average molecular weight is 398 g/mol. The fraction of sp³-hybridized carbons (Fsp3) is 0.200. The second kappa shape index (κ2) is 7.35. The molecular weight excluding hydrogens is 385 g/mol. The fourth-order valence-electron chi connectivity index (χ4n) is 1.88. The van der Waals surface area contributed by atoms with Crippen LogP contribution >= 0.6 is 15.9 Å². The topological polar surface area (TPSA) is 90.3 Å². The molecule has 2 aromatic rings. The van der Waals surface area contributed by atoms with Gasteiger partial charge in [-0.3, -0.25) is 14.3 Å². The van der Waals surface area contributed by atoms with Crippen LogP contribution in [0.5, 0.6) is 0 Å². The summed E-state index contributed by atoms with van der Waals surface area (Å²) in [7, 11) is 1.15. The lowest BCUT2D eigenvalue weighted by molar-refractivity contribution is -0.112. The molecule has 0 aliphatic rings. The van der Waals surface area contributed by atoms with Gasteiger partial charge in [0.25, 0.3) is 11.7 Å². The first kappa shape index (κ1) is 17.8. The summed E-state index contributed by atoms with van der Waals surface area (Å²) in [5, 5.41) is 6.19. The highest BCUT2D eigenvalue weighted by Gasteiger charge is 2.21. The number of amides is 1. The monoisotopic (exact) mass is 397 g/mol. The van der Waals surface area contributed by atoms with Gasteiger partial charge in [0.05, 0.1) is 34.6 Å². The molecule has 0 saturated heterocycles. The van der Waals surface area contributed by atoms with Crippen molar-refractivity contribution < 1.29 is 23.5 Å². The lowest BCUT2D eigenvalue weighted by Crippen LogP contribution is -2.23. The number of rotatable bonds is 5. The molecule has 0 saturated carbocycles. The summed E-state index contributed by atoms with van der Waals surface area (Å²) in [5.41, 5.74) is -0.0496. The lowest BCUT2D eigenvalue weighted by Gasteiger charge is -2.09. The van der Waals surface area contributed by atoms with Crippen molar-refractivity contribution in [3.63, 3.8) is 0 Å². The third kappa shape index (κ3) is 3.67. The zero-order valence-corrected chi connectivity index (χ0v) is 14.4. The summed E-state index contributed by atoms with van der Waals surface area (Å²) in [6.07, 6.45) is 2.70. The predicted molar refractivity (Wildman–Crippen MR) is 86.3 cm³/mol. The van der Waals surface area contributed by atoms with Crippen molar-refractivity contribution in [2.75, 3.05) is 12.4 Å². The molecule has 1 N–H and O–H groups in total. The molecule has 0 fully saturated rings. The molecule has 0 atom stereocenters. The Hall–Kier alpha value is -2.55. The summed E-state index contributed by atoms with van der Waals surface area (Å²) in [5.74, 6) is -3.36. The number of methoxy groups -OCH3 is 1. The Morgan fingerprint density at radius 2 is 2.04 bits per heavy atom. The first-order valence-corrected chi connectivity index (χ1v) is 7.62. The van der Waals surface area contributed by atoms with Crippen LogP contribution in [0.3, 0.4) is 0 Å². The van der Waals surface area contributed by atoms with Crippen LogP contribution in [0.15, 0.2) is 29.0 Å². The third-order valence-corrected chi connectivity index (χ3v) is 3.93.